The van der Waals surface area contributed by atoms with E-state index in [2.05, 4.69) is 23.6 Å². The van der Waals surface area contributed by atoms with E-state index in [9.17, 15) is 4.79 Å². The largest absolute Gasteiger partial charge is 0.384 e. The summed E-state index contributed by atoms with van der Waals surface area (Å²) in [6.45, 7) is 3.12. The van der Waals surface area contributed by atoms with Crippen molar-refractivity contribution in [3.05, 3.63) is 29.3 Å². The molecular formula is C16H22N2O. The van der Waals surface area contributed by atoms with Crippen molar-refractivity contribution in [1.82, 2.24) is 5.32 Å². The number of fused-ring (bicyclic) bond motifs is 1. The summed E-state index contributed by atoms with van der Waals surface area (Å²) in [5.41, 5.74) is 3.22. The first kappa shape index (κ1) is 12.5. The van der Waals surface area contributed by atoms with Crippen LogP contribution in [0.3, 0.4) is 0 Å². The van der Waals surface area contributed by atoms with Gasteiger partial charge in [0.25, 0.3) is 5.91 Å². The molecule has 3 heteroatoms. The molecule has 1 amide bonds. The van der Waals surface area contributed by atoms with Crippen molar-refractivity contribution in [3.8, 4) is 0 Å². The topological polar surface area (TPSA) is 41.1 Å². The van der Waals surface area contributed by atoms with Crippen molar-refractivity contribution in [3.63, 3.8) is 0 Å². The van der Waals surface area contributed by atoms with Gasteiger partial charge in [0.2, 0.25) is 0 Å². The summed E-state index contributed by atoms with van der Waals surface area (Å²) in [4.78, 5) is 12.3. The highest BCUT2D eigenvalue weighted by Crippen LogP contribution is 2.28. The van der Waals surface area contributed by atoms with Crippen LogP contribution in [0.4, 0.5) is 5.69 Å². The number of benzene rings is 1. The van der Waals surface area contributed by atoms with Gasteiger partial charge in [-0.25, -0.2) is 0 Å². The quantitative estimate of drug-likeness (QED) is 0.875. The molecule has 102 valence electrons. The molecule has 0 bridgehead atoms. The molecule has 0 spiro atoms. The third kappa shape index (κ3) is 2.60. The number of carbonyl (C=O) groups is 1. The number of hydrogen-bond donors (Lipinski definition) is 2. The van der Waals surface area contributed by atoms with Gasteiger partial charge in [-0.2, -0.15) is 0 Å². The van der Waals surface area contributed by atoms with Crippen LogP contribution < -0.4 is 10.6 Å². The summed E-state index contributed by atoms with van der Waals surface area (Å²) in [6, 6.07) is 6.29. The number of nitrogens with one attached hydrogen (secondary N) is 2. The lowest BCUT2D eigenvalue weighted by atomic mass is 9.99. The average molecular weight is 258 g/mol. The molecule has 2 aliphatic rings. The Hall–Kier alpha value is -1.51. The second kappa shape index (κ2) is 5.24. The van der Waals surface area contributed by atoms with E-state index >= 15 is 0 Å². The second-order valence-electron chi connectivity index (χ2n) is 5.86. The van der Waals surface area contributed by atoms with E-state index in [4.69, 9.17) is 0 Å². The van der Waals surface area contributed by atoms with Gasteiger partial charge in [-0.1, -0.05) is 18.9 Å². The van der Waals surface area contributed by atoms with Crippen molar-refractivity contribution in [1.29, 1.82) is 0 Å². The van der Waals surface area contributed by atoms with Gasteiger partial charge in [-0.3, -0.25) is 4.79 Å². The number of amides is 1. The minimum absolute atomic E-state index is 0.0656. The van der Waals surface area contributed by atoms with Crippen LogP contribution in [0.15, 0.2) is 18.2 Å². The van der Waals surface area contributed by atoms with Crippen LogP contribution in [0.25, 0.3) is 0 Å². The second-order valence-corrected chi connectivity index (χ2v) is 5.86. The monoisotopic (exact) mass is 258 g/mol. The van der Waals surface area contributed by atoms with Crippen LogP contribution in [0.1, 0.15) is 48.5 Å². The fourth-order valence-corrected chi connectivity index (χ4v) is 3.30. The van der Waals surface area contributed by atoms with Crippen LogP contribution in [0.5, 0.6) is 0 Å². The number of anilines is 1. The van der Waals surface area contributed by atoms with E-state index in [0.29, 0.717) is 5.92 Å². The summed E-state index contributed by atoms with van der Waals surface area (Å²) in [5, 5.41) is 6.49. The lowest BCUT2D eigenvalue weighted by Crippen LogP contribution is -2.37. The Morgan fingerprint density at radius 3 is 2.95 bits per heavy atom. The number of carbonyl (C=O) groups excluding carboxylic acids is 1. The van der Waals surface area contributed by atoms with Gasteiger partial charge in [-0.15, -0.1) is 0 Å². The first-order valence-corrected chi connectivity index (χ1v) is 7.42. The predicted molar refractivity (Wildman–Crippen MR) is 77.5 cm³/mol. The van der Waals surface area contributed by atoms with Gasteiger partial charge in [0.05, 0.1) is 0 Å². The van der Waals surface area contributed by atoms with Gasteiger partial charge in [-0.05, 0) is 49.8 Å². The standard InChI is InChI=1S/C16H22N2O/c1-11(12-4-2-3-5-12)18-16(19)14-7-6-13-8-9-17-15(13)10-14/h6-7,10-12,17H,2-5,8-9H2,1H3,(H,18,19)/t11-/m1/s1. The molecule has 2 N–H and O–H groups in total. The van der Waals surface area contributed by atoms with E-state index in [1.54, 1.807) is 0 Å². The molecule has 1 aliphatic heterocycles. The molecule has 1 saturated carbocycles. The Morgan fingerprint density at radius 2 is 2.16 bits per heavy atom. The van der Waals surface area contributed by atoms with Crippen molar-refractivity contribution in [2.24, 2.45) is 5.92 Å². The molecule has 1 aliphatic carbocycles. The maximum absolute atomic E-state index is 12.3. The highest BCUT2D eigenvalue weighted by atomic mass is 16.1. The number of rotatable bonds is 3. The lowest BCUT2D eigenvalue weighted by Gasteiger charge is -2.20. The van der Waals surface area contributed by atoms with Gasteiger partial charge in [0.1, 0.15) is 0 Å². The van der Waals surface area contributed by atoms with Crippen molar-refractivity contribution in [2.75, 3.05) is 11.9 Å². The zero-order chi connectivity index (χ0) is 13.2. The lowest BCUT2D eigenvalue weighted by molar-refractivity contribution is 0.0927. The molecule has 1 heterocycles. The normalized spacial score (nSPS) is 19.8. The summed E-state index contributed by atoms with van der Waals surface area (Å²) in [6.07, 6.45) is 6.21. The molecular weight excluding hydrogens is 236 g/mol. The molecule has 0 radical (unpaired) electrons. The molecule has 1 atom stereocenters. The maximum atomic E-state index is 12.3. The highest BCUT2D eigenvalue weighted by Gasteiger charge is 2.23. The van der Waals surface area contributed by atoms with Crippen LogP contribution in [-0.2, 0) is 6.42 Å². The van der Waals surface area contributed by atoms with Crippen molar-refractivity contribution in [2.45, 2.75) is 45.1 Å². The minimum Gasteiger partial charge on any atom is -0.384 e. The smallest absolute Gasteiger partial charge is 0.251 e. The Kier molecular flexibility index (Phi) is 3.45. The number of hydrogen-bond acceptors (Lipinski definition) is 2. The van der Waals surface area contributed by atoms with Crippen LogP contribution in [0, 0.1) is 5.92 Å². The van der Waals surface area contributed by atoms with Gasteiger partial charge < -0.3 is 10.6 Å². The Labute approximate surface area is 114 Å². The molecule has 0 aromatic heterocycles. The molecule has 1 fully saturated rings. The first-order chi connectivity index (χ1) is 9.24. The van der Waals surface area contributed by atoms with Crippen molar-refractivity contribution < 1.29 is 4.79 Å². The molecule has 19 heavy (non-hydrogen) atoms. The van der Waals surface area contributed by atoms with E-state index < -0.39 is 0 Å². The SMILES string of the molecule is C[C@@H](NC(=O)c1ccc2c(c1)NCC2)C1CCCC1. The highest BCUT2D eigenvalue weighted by molar-refractivity contribution is 5.95. The Bertz CT molecular complexity index is 478. The maximum Gasteiger partial charge on any atom is 0.251 e. The summed E-state index contributed by atoms with van der Waals surface area (Å²) >= 11 is 0. The van der Waals surface area contributed by atoms with Gasteiger partial charge in [0, 0.05) is 23.8 Å². The van der Waals surface area contributed by atoms with E-state index in [1.165, 1.54) is 31.2 Å². The molecule has 3 nitrogen and oxygen atoms in total. The third-order valence-corrected chi connectivity index (χ3v) is 4.55. The molecule has 1 aromatic rings. The zero-order valence-corrected chi connectivity index (χ0v) is 11.5. The van der Waals surface area contributed by atoms with Crippen LogP contribution >= 0.6 is 0 Å². The summed E-state index contributed by atoms with van der Waals surface area (Å²) < 4.78 is 0. The fraction of sp³-hybridized carbons (Fsp3) is 0.562. The third-order valence-electron chi connectivity index (χ3n) is 4.55. The summed E-state index contributed by atoms with van der Waals surface area (Å²) in [5.74, 6) is 0.729. The average Bonchev–Trinajstić information content (AvgIpc) is 3.09. The van der Waals surface area contributed by atoms with Crippen molar-refractivity contribution >= 4 is 11.6 Å². The van der Waals surface area contributed by atoms with E-state index in [1.807, 2.05) is 12.1 Å². The minimum atomic E-state index is 0.0656. The molecule has 0 saturated heterocycles. The van der Waals surface area contributed by atoms with Gasteiger partial charge >= 0.3 is 0 Å². The molecule has 0 unspecified atom stereocenters. The fourth-order valence-electron chi connectivity index (χ4n) is 3.30. The predicted octanol–water partition coefficient (Wildman–Crippen LogP) is 2.96. The zero-order valence-electron chi connectivity index (χ0n) is 11.5. The van der Waals surface area contributed by atoms with Gasteiger partial charge in [0.15, 0.2) is 0 Å². The van der Waals surface area contributed by atoms with Crippen LogP contribution in [-0.4, -0.2) is 18.5 Å². The Morgan fingerprint density at radius 1 is 1.37 bits per heavy atom. The van der Waals surface area contributed by atoms with Crippen LogP contribution in [0.2, 0.25) is 0 Å². The first-order valence-electron chi connectivity index (χ1n) is 7.42. The molecule has 1 aromatic carbocycles. The Balaban J connectivity index is 1.66. The van der Waals surface area contributed by atoms with E-state index in [0.717, 1.165) is 24.2 Å². The molecule has 3 rings (SSSR count). The summed E-state index contributed by atoms with van der Waals surface area (Å²) in [7, 11) is 0. The van der Waals surface area contributed by atoms with E-state index in [-0.39, 0.29) is 11.9 Å².